The van der Waals surface area contributed by atoms with Gasteiger partial charge in [-0.2, -0.15) is 0 Å². The number of hydrogen-bond donors (Lipinski definition) is 0. The number of Topliss-reactive ketones (excluding diaryl/α,β-unsaturated/α-hetero) is 1. The summed E-state index contributed by atoms with van der Waals surface area (Å²) in [4.78, 5) is 14.8. The summed E-state index contributed by atoms with van der Waals surface area (Å²) in [5, 5.41) is 0.484. The zero-order chi connectivity index (χ0) is 14.3. The van der Waals surface area contributed by atoms with Crippen LogP contribution in [0, 0.1) is 11.7 Å². The average molecular weight is 296 g/mol. The molecule has 1 aromatic carbocycles. The van der Waals surface area contributed by atoms with Gasteiger partial charge >= 0.3 is 0 Å². The van der Waals surface area contributed by atoms with Gasteiger partial charge in [-0.3, -0.25) is 4.79 Å². The molecule has 0 saturated carbocycles. The molecule has 2 atom stereocenters. The van der Waals surface area contributed by atoms with E-state index in [0.29, 0.717) is 22.7 Å². The van der Waals surface area contributed by atoms with E-state index in [1.54, 1.807) is 6.07 Å². The molecule has 0 radical (unpaired) electrons. The minimum absolute atomic E-state index is 0.0853. The second-order valence-corrected chi connectivity index (χ2v) is 6.53. The predicted octanol–water partition coefficient (Wildman–Crippen LogP) is 3.46. The minimum Gasteiger partial charge on any atom is -0.300 e. The van der Waals surface area contributed by atoms with Crippen molar-refractivity contribution in [2.45, 2.75) is 44.2 Å². The predicted molar refractivity (Wildman–Crippen MR) is 77.4 cm³/mol. The van der Waals surface area contributed by atoms with E-state index in [1.807, 2.05) is 0 Å². The normalized spacial score (nSPS) is 29.6. The van der Waals surface area contributed by atoms with Crippen molar-refractivity contribution in [2.24, 2.45) is 5.92 Å². The Kier molecular flexibility index (Phi) is 3.83. The molecule has 108 valence electrons. The number of piperidine rings is 1. The summed E-state index contributed by atoms with van der Waals surface area (Å²) in [6.45, 7) is 0. The Bertz CT molecular complexity index is 519. The maximum Gasteiger partial charge on any atom is 0.140 e. The molecule has 2 nitrogen and oxygen atoms in total. The van der Waals surface area contributed by atoms with Crippen LogP contribution < -0.4 is 0 Å². The molecule has 20 heavy (non-hydrogen) atoms. The monoisotopic (exact) mass is 295 g/mol. The molecule has 0 spiro atoms. The summed E-state index contributed by atoms with van der Waals surface area (Å²) in [6, 6.07) is 5.49. The lowest BCUT2D eigenvalue weighted by Crippen LogP contribution is -2.42. The van der Waals surface area contributed by atoms with Gasteiger partial charge in [0.25, 0.3) is 0 Å². The van der Waals surface area contributed by atoms with Crippen molar-refractivity contribution >= 4 is 17.4 Å². The highest BCUT2D eigenvalue weighted by Crippen LogP contribution is 2.38. The first kappa shape index (κ1) is 14.0. The fraction of sp³-hybridized carbons (Fsp3) is 0.562. The van der Waals surface area contributed by atoms with E-state index in [1.165, 1.54) is 25.0 Å². The van der Waals surface area contributed by atoms with E-state index in [-0.39, 0.29) is 23.9 Å². The topological polar surface area (TPSA) is 20.3 Å². The highest BCUT2D eigenvalue weighted by atomic mass is 35.5. The van der Waals surface area contributed by atoms with Gasteiger partial charge < -0.3 is 4.90 Å². The zero-order valence-corrected chi connectivity index (χ0v) is 12.4. The molecule has 2 fully saturated rings. The highest BCUT2D eigenvalue weighted by Gasteiger charge is 2.40. The van der Waals surface area contributed by atoms with Crippen LogP contribution in [0.5, 0.6) is 0 Å². The van der Waals surface area contributed by atoms with Crippen molar-refractivity contribution in [3.63, 3.8) is 0 Å². The Morgan fingerprint density at radius 1 is 1.35 bits per heavy atom. The van der Waals surface area contributed by atoms with Crippen LogP contribution in [0.25, 0.3) is 0 Å². The van der Waals surface area contributed by atoms with E-state index in [2.05, 4.69) is 11.9 Å². The van der Waals surface area contributed by atoms with Gasteiger partial charge in [-0.25, -0.2) is 4.39 Å². The van der Waals surface area contributed by atoms with Gasteiger partial charge in [-0.1, -0.05) is 11.6 Å². The van der Waals surface area contributed by atoms with Gasteiger partial charge in [0, 0.05) is 29.4 Å². The molecule has 3 rings (SSSR count). The summed E-state index contributed by atoms with van der Waals surface area (Å²) < 4.78 is 13.7. The van der Waals surface area contributed by atoms with Crippen LogP contribution in [0.3, 0.4) is 0 Å². The first-order valence-electron chi connectivity index (χ1n) is 7.23. The molecule has 4 heteroatoms. The molecule has 2 aliphatic heterocycles. The van der Waals surface area contributed by atoms with E-state index < -0.39 is 0 Å². The van der Waals surface area contributed by atoms with Crippen LogP contribution >= 0.6 is 11.6 Å². The molecule has 2 heterocycles. The number of nitrogens with zero attached hydrogens (tertiary/aromatic N) is 1. The minimum atomic E-state index is -0.335. The SMILES string of the molecule is CN1C2CCC1CC(C(=O)Cc1cc(Cl)ccc1F)C2. The van der Waals surface area contributed by atoms with Gasteiger partial charge in [0.15, 0.2) is 0 Å². The molecule has 1 aromatic rings. The molecule has 2 saturated heterocycles. The van der Waals surface area contributed by atoms with Crippen LogP contribution in [-0.2, 0) is 11.2 Å². The van der Waals surface area contributed by atoms with E-state index in [9.17, 15) is 9.18 Å². The molecular weight excluding hydrogens is 277 g/mol. The number of carbonyl (C=O) groups is 1. The van der Waals surface area contributed by atoms with Crippen LogP contribution in [0.2, 0.25) is 5.02 Å². The highest BCUT2D eigenvalue weighted by molar-refractivity contribution is 6.30. The summed E-state index contributed by atoms with van der Waals surface area (Å²) in [5.74, 6) is -0.0862. The average Bonchev–Trinajstić information content (AvgIpc) is 2.65. The van der Waals surface area contributed by atoms with Crippen molar-refractivity contribution in [2.75, 3.05) is 7.05 Å². The standard InChI is InChI=1S/C16H19ClFNO/c1-19-13-3-4-14(19)8-11(7-13)16(20)9-10-6-12(17)2-5-15(10)18/h2,5-6,11,13-14H,3-4,7-9H2,1H3. The molecule has 0 aliphatic carbocycles. The Morgan fingerprint density at radius 3 is 2.65 bits per heavy atom. The number of halogens is 2. The molecule has 0 aromatic heterocycles. The van der Waals surface area contributed by atoms with Gasteiger partial charge in [0.2, 0.25) is 0 Å². The molecule has 2 unspecified atom stereocenters. The van der Waals surface area contributed by atoms with Crippen molar-refractivity contribution in [3.05, 3.63) is 34.6 Å². The van der Waals surface area contributed by atoms with Crippen molar-refractivity contribution in [3.8, 4) is 0 Å². The third-order valence-electron chi connectivity index (χ3n) is 4.93. The summed E-state index contributed by atoms with van der Waals surface area (Å²) >= 11 is 5.88. The van der Waals surface area contributed by atoms with Crippen LogP contribution in [0.1, 0.15) is 31.2 Å². The summed E-state index contributed by atoms with van der Waals surface area (Å²) in [6.07, 6.45) is 4.40. The van der Waals surface area contributed by atoms with Gasteiger partial charge in [0.05, 0.1) is 0 Å². The van der Waals surface area contributed by atoms with Crippen LogP contribution in [-0.4, -0.2) is 29.8 Å². The summed E-state index contributed by atoms with van der Waals surface area (Å²) in [5.41, 5.74) is 0.425. The molecule has 2 aliphatic rings. The quantitative estimate of drug-likeness (QED) is 0.851. The summed E-state index contributed by atoms with van der Waals surface area (Å²) in [7, 11) is 2.15. The fourth-order valence-electron chi connectivity index (χ4n) is 3.69. The third kappa shape index (κ3) is 2.61. The lowest BCUT2D eigenvalue weighted by atomic mass is 9.85. The lowest BCUT2D eigenvalue weighted by molar-refractivity contribution is -0.124. The van der Waals surface area contributed by atoms with Crippen molar-refractivity contribution in [1.29, 1.82) is 0 Å². The van der Waals surface area contributed by atoms with Crippen molar-refractivity contribution in [1.82, 2.24) is 4.90 Å². The number of benzene rings is 1. The molecule has 2 bridgehead atoms. The Labute approximate surface area is 123 Å². The second-order valence-electron chi connectivity index (χ2n) is 6.10. The number of hydrogen-bond acceptors (Lipinski definition) is 2. The van der Waals surface area contributed by atoms with Crippen LogP contribution in [0.15, 0.2) is 18.2 Å². The van der Waals surface area contributed by atoms with Gasteiger partial charge in [-0.15, -0.1) is 0 Å². The number of rotatable bonds is 3. The maximum absolute atomic E-state index is 13.7. The fourth-order valence-corrected chi connectivity index (χ4v) is 3.88. The van der Waals surface area contributed by atoms with E-state index >= 15 is 0 Å². The van der Waals surface area contributed by atoms with Gasteiger partial charge in [0.1, 0.15) is 11.6 Å². The largest absolute Gasteiger partial charge is 0.300 e. The van der Waals surface area contributed by atoms with E-state index in [0.717, 1.165) is 12.8 Å². The Morgan fingerprint density at radius 2 is 2.00 bits per heavy atom. The molecule has 0 N–H and O–H groups in total. The zero-order valence-electron chi connectivity index (χ0n) is 11.6. The van der Waals surface area contributed by atoms with E-state index in [4.69, 9.17) is 11.6 Å². The van der Waals surface area contributed by atoms with Gasteiger partial charge in [-0.05, 0) is 56.5 Å². The second kappa shape index (κ2) is 5.45. The van der Waals surface area contributed by atoms with Crippen molar-refractivity contribution < 1.29 is 9.18 Å². The Balaban J connectivity index is 1.69. The third-order valence-corrected chi connectivity index (χ3v) is 5.16. The smallest absolute Gasteiger partial charge is 0.140 e. The Hall–Kier alpha value is -0.930. The first-order chi connectivity index (χ1) is 9.54. The molecular formula is C16H19ClFNO. The first-order valence-corrected chi connectivity index (χ1v) is 7.61. The number of ketones is 1. The number of carbonyl (C=O) groups excluding carboxylic acids is 1. The maximum atomic E-state index is 13.7. The number of fused-ring (bicyclic) bond motifs is 2. The van der Waals surface area contributed by atoms with Crippen LogP contribution in [0.4, 0.5) is 4.39 Å². The molecule has 0 amide bonds. The lowest BCUT2D eigenvalue weighted by Gasteiger charge is -2.35.